The van der Waals surface area contributed by atoms with E-state index in [-0.39, 0.29) is 11.6 Å². The smallest absolute Gasteiger partial charge is 0.323 e. The number of nitrogens with zero attached hydrogens (tertiary/aromatic N) is 1. The Morgan fingerprint density at radius 2 is 2.05 bits per heavy atom. The van der Waals surface area contributed by atoms with Crippen LogP contribution in [0, 0.1) is 11.8 Å². The fourth-order valence-electron chi connectivity index (χ4n) is 1.85. The van der Waals surface area contributed by atoms with Crippen LogP contribution in [0.25, 0.3) is 0 Å². The van der Waals surface area contributed by atoms with Gasteiger partial charge < -0.3 is 20.6 Å². The predicted molar refractivity (Wildman–Crippen MR) is 79.6 cm³/mol. The fourth-order valence-corrected chi connectivity index (χ4v) is 1.85. The Morgan fingerprint density at radius 1 is 1.33 bits per heavy atom. The average Bonchev–Trinajstić information content (AvgIpc) is 2.92. The van der Waals surface area contributed by atoms with Crippen molar-refractivity contribution < 1.29 is 4.79 Å². The highest BCUT2D eigenvalue weighted by molar-refractivity contribution is 5.91. The average molecular weight is 284 g/mol. The van der Waals surface area contributed by atoms with Gasteiger partial charge in [0.15, 0.2) is 0 Å². The van der Waals surface area contributed by atoms with E-state index in [2.05, 4.69) is 21.8 Å². The van der Waals surface area contributed by atoms with Crippen molar-refractivity contribution in [1.82, 2.24) is 14.9 Å². The lowest BCUT2D eigenvalue weighted by atomic mass is 10.1. The SMILES string of the molecule is CN(Cc1ccc(C#CCN)cc1)C(=O)c1c[nH]c(=O)[nH]1. The van der Waals surface area contributed by atoms with Crippen LogP contribution in [-0.4, -0.2) is 34.4 Å². The summed E-state index contributed by atoms with van der Waals surface area (Å²) in [5, 5.41) is 0. The molecule has 0 saturated carbocycles. The van der Waals surface area contributed by atoms with E-state index in [1.54, 1.807) is 7.05 Å². The first kappa shape index (κ1) is 14.6. The number of benzene rings is 1. The van der Waals surface area contributed by atoms with Crippen molar-refractivity contribution in [3.05, 3.63) is 57.8 Å². The molecule has 2 rings (SSSR count). The van der Waals surface area contributed by atoms with Gasteiger partial charge in [-0.05, 0) is 17.7 Å². The van der Waals surface area contributed by atoms with Gasteiger partial charge in [0.05, 0.1) is 6.54 Å². The molecule has 21 heavy (non-hydrogen) atoms. The van der Waals surface area contributed by atoms with Gasteiger partial charge in [-0.3, -0.25) is 4.79 Å². The number of hydrogen-bond acceptors (Lipinski definition) is 3. The number of amides is 1. The van der Waals surface area contributed by atoms with Crippen molar-refractivity contribution in [1.29, 1.82) is 0 Å². The number of carbonyl (C=O) groups is 1. The van der Waals surface area contributed by atoms with E-state index < -0.39 is 5.69 Å². The standard InChI is InChI=1S/C15H16N4O2/c1-19(14(20)13-9-17-15(21)18-13)10-12-6-4-11(5-7-12)3-2-8-16/h4-7,9H,8,10,16H2,1H3,(H2,17,18,21). The van der Waals surface area contributed by atoms with E-state index in [9.17, 15) is 9.59 Å². The van der Waals surface area contributed by atoms with Crippen LogP contribution in [0.2, 0.25) is 0 Å². The Bertz CT molecular complexity index is 731. The summed E-state index contributed by atoms with van der Waals surface area (Å²) in [5.41, 5.74) is 7.02. The van der Waals surface area contributed by atoms with Crippen molar-refractivity contribution in [3.8, 4) is 11.8 Å². The van der Waals surface area contributed by atoms with Crippen LogP contribution < -0.4 is 11.4 Å². The molecule has 108 valence electrons. The molecule has 0 fully saturated rings. The zero-order chi connectivity index (χ0) is 15.2. The largest absolute Gasteiger partial charge is 0.336 e. The van der Waals surface area contributed by atoms with Crippen molar-refractivity contribution in [2.45, 2.75) is 6.54 Å². The summed E-state index contributed by atoms with van der Waals surface area (Å²) >= 11 is 0. The molecule has 0 saturated heterocycles. The summed E-state index contributed by atoms with van der Waals surface area (Å²) in [6, 6.07) is 7.58. The summed E-state index contributed by atoms with van der Waals surface area (Å²) in [7, 11) is 1.68. The summed E-state index contributed by atoms with van der Waals surface area (Å²) in [6.07, 6.45) is 1.37. The molecule has 6 nitrogen and oxygen atoms in total. The number of hydrogen-bond donors (Lipinski definition) is 3. The van der Waals surface area contributed by atoms with Gasteiger partial charge in [-0.2, -0.15) is 0 Å². The Labute approximate surface area is 122 Å². The third-order valence-electron chi connectivity index (χ3n) is 2.88. The minimum Gasteiger partial charge on any atom is -0.336 e. The molecule has 0 atom stereocenters. The van der Waals surface area contributed by atoms with E-state index in [1.807, 2.05) is 24.3 Å². The lowest BCUT2D eigenvalue weighted by Gasteiger charge is -2.16. The Hall–Kier alpha value is -2.78. The topological polar surface area (TPSA) is 95.0 Å². The second-order valence-corrected chi connectivity index (χ2v) is 4.52. The molecule has 0 aliphatic rings. The molecule has 1 amide bonds. The maximum Gasteiger partial charge on any atom is 0.323 e. The van der Waals surface area contributed by atoms with Gasteiger partial charge in [-0.1, -0.05) is 24.0 Å². The number of aromatic amines is 2. The second kappa shape index (κ2) is 6.59. The number of H-pyrrole nitrogens is 2. The summed E-state index contributed by atoms with van der Waals surface area (Å²) in [6.45, 7) is 0.768. The molecule has 4 N–H and O–H groups in total. The van der Waals surface area contributed by atoms with Gasteiger partial charge in [0.25, 0.3) is 5.91 Å². The second-order valence-electron chi connectivity index (χ2n) is 4.52. The number of rotatable bonds is 3. The molecular formula is C15H16N4O2. The Kier molecular flexibility index (Phi) is 4.59. The van der Waals surface area contributed by atoms with Crippen LogP contribution in [0.1, 0.15) is 21.6 Å². The van der Waals surface area contributed by atoms with Crippen LogP contribution in [-0.2, 0) is 6.54 Å². The number of aromatic nitrogens is 2. The molecular weight excluding hydrogens is 268 g/mol. The highest BCUT2D eigenvalue weighted by atomic mass is 16.2. The first-order chi connectivity index (χ1) is 10.1. The first-order valence-corrected chi connectivity index (χ1v) is 6.41. The fraction of sp³-hybridized carbons (Fsp3) is 0.200. The van der Waals surface area contributed by atoms with Gasteiger partial charge in [0, 0.05) is 25.4 Å². The van der Waals surface area contributed by atoms with E-state index in [0.717, 1.165) is 11.1 Å². The summed E-state index contributed by atoms with van der Waals surface area (Å²) in [5.74, 6) is 5.47. The third kappa shape index (κ3) is 3.84. The maximum absolute atomic E-state index is 12.1. The molecule has 1 heterocycles. The minimum absolute atomic E-state index is 0.243. The lowest BCUT2D eigenvalue weighted by Crippen LogP contribution is -2.26. The zero-order valence-electron chi connectivity index (χ0n) is 11.6. The van der Waals surface area contributed by atoms with Crippen LogP contribution >= 0.6 is 0 Å². The van der Waals surface area contributed by atoms with Crippen molar-refractivity contribution >= 4 is 5.91 Å². The molecule has 0 aliphatic heterocycles. The molecule has 2 aromatic rings. The van der Waals surface area contributed by atoms with E-state index in [0.29, 0.717) is 13.1 Å². The normalized spacial score (nSPS) is 9.81. The predicted octanol–water partition coefficient (Wildman–Crippen LogP) is 0.285. The van der Waals surface area contributed by atoms with E-state index in [1.165, 1.54) is 11.1 Å². The number of imidazole rings is 1. The molecule has 0 bridgehead atoms. The van der Waals surface area contributed by atoms with Gasteiger partial charge in [-0.15, -0.1) is 0 Å². The van der Waals surface area contributed by atoms with Crippen molar-refractivity contribution in [3.63, 3.8) is 0 Å². The Morgan fingerprint density at radius 3 is 2.62 bits per heavy atom. The lowest BCUT2D eigenvalue weighted by molar-refractivity contribution is 0.0779. The molecule has 6 heteroatoms. The highest BCUT2D eigenvalue weighted by Crippen LogP contribution is 2.08. The highest BCUT2D eigenvalue weighted by Gasteiger charge is 2.13. The maximum atomic E-state index is 12.1. The quantitative estimate of drug-likeness (QED) is 0.707. The van der Waals surface area contributed by atoms with Crippen LogP contribution in [0.3, 0.4) is 0 Å². The van der Waals surface area contributed by atoms with Gasteiger partial charge in [0.1, 0.15) is 5.69 Å². The number of nitrogens with two attached hydrogens (primary N) is 1. The van der Waals surface area contributed by atoms with E-state index in [4.69, 9.17) is 5.73 Å². The van der Waals surface area contributed by atoms with Crippen molar-refractivity contribution in [2.75, 3.05) is 13.6 Å². The van der Waals surface area contributed by atoms with E-state index >= 15 is 0 Å². The van der Waals surface area contributed by atoms with Crippen LogP contribution in [0.15, 0.2) is 35.3 Å². The molecule has 1 aromatic heterocycles. The van der Waals surface area contributed by atoms with Crippen molar-refractivity contribution in [2.24, 2.45) is 5.73 Å². The molecule has 0 spiro atoms. The molecule has 0 unspecified atom stereocenters. The minimum atomic E-state index is -0.394. The zero-order valence-corrected chi connectivity index (χ0v) is 11.6. The number of carbonyl (C=O) groups excluding carboxylic acids is 1. The van der Waals surface area contributed by atoms with Gasteiger partial charge >= 0.3 is 5.69 Å². The van der Waals surface area contributed by atoms with Gasteiger partial charge in [-0.25, -0.2) is 4.79 Å². The van der Waals surface area contributed by atoms with Gasteiger partial charge in [0.2, 0.25) is 0 Å². The van der Waals surface area contributed by atoms with Crippen LogP contribution in [0.4, 0.5) is 0 Å². The Balaban J connectivity index is 2.03. The third-order valence-corrected chi connectivity index (χ3v) is 2.88. The number of nitrogens with one attached hydrogen (secondary N) is 2. The summed E-state index contributed by atoms with van der Waals surface area (Å²) in [4.78, 5) is 29.4. The molecule has 1 aromatic carbocycles. The first-order valence-electron chi connectivity index (χ1n) is 6.41. The summed E-state index contributed by atoms with van der Waals surface area (Å²) < 4.78 is 0. The molecule has 0 radical (unpaired) electrons. The molecule has 0 aliphatic carbocycles. The van der Waals surface area contributed by atoms with Crippen LogP contribution in [0.5, 0.6) is 0 Å². The monoisotopic (exact) mass is 284 g/mol.